The van der Waals surface area contributed by atoms with Crippen molar-refractivity contribution in [1.29, 1.82) is 0 Å². The number of aryl methyl sites for hydroxylation is 2. The highest BCUT2D eigenvalue weighted by molar-refractivity contribution is 6.30. The lowest BCUT2D eigenvalue weighted by Crippen LogP contribution is -2.44. The lowest BCUT2D eigenvalue weighted by Gasteiger charge is -2.37. The van der Waals surface area contributed by atoms with Crippen LogP contribution in [0.2, 0.25) is 5.02 Å². The first-order valence-electron chi connectivity index (χ1n) is 12.1. The van der Waals surface area contributed by atoms with E-state index in [1.807, 2.05) is 48.0 Å². The summed E-state index contributed by atoms with van der Waals surface area (Å²) in [6, 6.07) is 17.1. The Morgan fingerprint density at radius 2 is 1.76 bits per heavy atom. The maximum Gasteiger partial charge on any atom is 0.328 e. The Morgan fingerprint density at radius 3 is 2.46 bits per heavy atom. The minimum atomic E-state index is -0.641. The van der Waals surface area contributed by atoms with Crippen LogP contribution in [0, 0.1) is 19.7 Å². The van der Waals surface area contributed by atoms with Gasteiger partial charge in [0.05, 0.1) is 24.5 Å². The van der Waals surface area contributed by atoms with E-state index in [1.165, 1.54) is 4.90 Å². The minimum Gasteiger partial charge on any atom is -0.494 e. The zero-order valence-electron chi connectivity index (χ0n) is 21.3. The topological polar surface area (TPSA) is 59.4 Å². The first kappa shape index (κ1) is 24.8. The third kappa shape index (κ3) is 4.13. The molecule has 1 N–H and O–H groups in total. The monoisotopic (exact) mass is 518 g/mol. The van der Waals surface area contributed by atoms with Crippen LogP contribution in [0.15, 0.2) is 60.7 Å². The van der Waals surface area contributed by atoms with Crippen LogP contribution in [-0.2, 0) is 0 Å². The van der Waals surface area contributed by atoms with E-state index in [9.17, 15) is 4.79 Å². The van der Waals surface area contributed by atoms with Crippen LogP contribution in [0.25, 0.3) is 5.69 Å². The number of rotatable bonds is 5. The Morgan fingerprint density at radius 1 is 1.03 bits per heavy atom. The molecule has 1 aliphatic heterocycles. The van der Waals surface area contributed by atoms with Gasteiger partial charge in [-0.05, 0) is 66.8 Å². The predicted octanol–water partition coefficient (Wildman–Crippen LogP) is 7.56. The summed E-state index contributed by atoms with van der Waals surface area (Å²) in [6.45, 7) is 7.78. The Balaban J connectivity index is 1.85. The number of amides is 2. The van der Waals surface area contributed by atoms with Gasteiger partial charge < -0.3 is 4.74 Å². The van der Waals surface area contributed by atoms with Gasteiger partial charge in [-0.2, -0.15) is 0 Å². The number of hydrogen-bond acceptors (Lipinski definition) is 3. The van der Waals surface area contributed by atoms with Crippen LogP contribution in [0.4, 0.5) is 20.7 Å². The van der Waals surface area contributed by atoms with Gasteiger partial charge in [0.25, 0.3) is 0 Å². The molecule has 190 valence electrons. The van der Waals surface area contributed by atoms with Gasteiger partial charge in [0.15, 0.2) is 5.82 Å². The number of aromatic nitrogens is 2. The van der Waals surface area contributed by atoms with E-state index in [1.54, 1.807) is 38.3 Å². The summed E-state index contributed by atoms with van der Waals surface area (Å²) in [5.74, 6) is 0.649. The summed E-state index contributed by atoms with van der Waals surface area (Å²) >= 11 is 6.30. The molecule has 6 nitrogen and oxygen atoms in total. The molecule has 37 heavy (non-hydrogen) atoms. The van der Waals surface area contributed by atoms with Crippen molar-refractivity contribution < 1.29 is 13.9 Å². The molecule has 0 fully saturated rings. The Bertz CT molecular complexity index is 1510. The molecule has 0 spiro atoms. The lowest BCUT2D eigenvalue weighted by atomic mass is 9.89. The molecule has 2 heterocycles. The smallest absolute Gasteiger partial charge is 0.328 e. The third-order valence-electron chi connectivity index (χ3n) is 6.75. The van der Waals surface area contributed by atoms with E-state index in [0.717, 1.165) is 28.1 Å². The van der Waals surface area contributed by atoms with Crippen molar-refractivity contribution in [3.05, 3.63) is 99.5 Å². The van der Waals surface area contributed by atoms with Crippen molar-refractivity contribution in [2.75, 3.05) is 17.3 Å². The van der Waals surface area contributed by atoms with Gasteiger partial charge in [0.2, 0.25) is 0 Å². The molecule has 3 aromatic carbocycles. The second-order valence-electron chi connectivity index (χ2n) is 9.50. The molecule has 0 bridgehead atoms. The Hall–Kier alpha value is -3.84. The molecule has 2 amide bonds. The maximum atomic E-state index is 15.5. The van der Waals surface area contributed by atoms with Crippen molar-refractivity contribution in [3.63, 3.8) is 0 Å². The molecule has 1 aromatic heterocycles. The summed E-state index contributed by atoms with van der Waals surface area (Å²) in [7, 11) is 1.61. The molecule has 0 saturated heterocycles. The number of urea groups is 1. The minimum absolute atomic E-state index is 0.00970. The highest BCUT2D eigenvalue weighted by atomic mass is 35.5. The molecule has 4 aromatic rings. The maximum absolute atomic E-state index is 15.5. The molecule has 0 saturated carbocycles. The van der Waals surface area contributed by atoms with Gasteiger partial charge in [-0.15, -0.1) is 5.10 Å². The standard InChI is InChI=1S/C29H28ClFN4O2/c1-16(2)26-24-27(20-14-13-19(30)15-18(20)4)34(22-11-8-9-17(3)25(22)31)29(36)32-28(24)33-35(26)21-10-6-7-12-23(21)37-5/h6-16,27H,1-5H3,(H,32,33,36)/t27-/m0/s1. The van der Waals surface area contributed by atoms with Crippen molar-refractivity contribution in [2.45, 2.75) is 39.7 Å². The predicted molar refractivity (Wildman–Crippen MR) is 145 cm³/mol. The number of nitrogens with zero attached hydrogens (tertiary/aromatic N) is 3. The molecule has 0 aliphatic carbocycles. The van der Waals surface area contributed by atoms with Crippen molar-refractivity contribution in [3.8, 4) is 11.4 Å². The van der Waals surface area contributed by atoms with E-state index in [0.29, 0.717) is 22.2 Å². The van der Waals surface area contributed by atoms with Crippen LogP contribution >= 0.6 is 11.6 Å². The first-order valence-corrected chi connectivity index (χ1v) is 12.5. The number of benzene rings is 3. The molecule has 0 unspecified atom stereocenters. The molecular weight excluding hydrogens is 491 g/mol. The number of methoxy groups -OCH3 is 1. The lowest BCUT2D eigenvalue weighted by molar-refractivity contribution is 0.254. The second kappa shape index (κ2) is 9.56. The third-order valence-corrected chi connectivity index (χ3v) is 6.99. The molecule has 8 heteroatoms. The fraction of sp³-hybridized carbons (Fsp3) is 0.241. The number of carbonyl (C=O) groups excluding carboxylic acids is 1. The van der Waals surface area contributed by atoms with E-state index >= 15 is 4.39 Å². The quantitative estimate of drug-likeness (QED) is 0.296. The SMILES string of the molecule is COc1ccccc1-n1nc2c(c1C(C)C)[C@H](c1ccc(Cl)cc1C)N(c1cccc(C)c1F)C(=O)N2. The molecule has 1 atom stereocenters. The van der Waals surface area contributed by atoms with Crippen LogP contribution in [0.1, 0.15) is 53.8 Å². The van der Waals surface area contributed by atoms with Gasteiger partial charge in [0.1, 0.15) is 17.3 Å². The summed E-state index contributed by atoms with van der Waals surface area (Å²) in [5, 5.41) is 8.37. The molecule has 5 rings (SSSR count). The summed E-state index contributed by atoms with van der Waals surface area (Å²) in [6.07, 6.45) is 0. The van der Waals surface area contributed by atoms with Crippen LogP contribution < -0.4 is 15.0 Å². The van der Waals surface area contributed by atoms with Crippen LogP contribution in [0.5, 0.6) is 5.75 Å². The summed E-state index contributed by atoms with van der Waals surface area (Å²) in [4.78, 5) is 15.2. The second-order valence-corrected chi connectivity index (χ2v) is 9.93. The van der Waals surface area contributed by atoms with E-state index in [2.05, 4.69) is 19.2 Å². The fourth-order valence-corrected chi connectivity index (χ4v) is 5.29. The number of halogens is 2. The molecule has 1 aliphatic rings. The number of hydrogen-bond donors (Lipinski definition) is 1. The number of para-hydroxylation sites is 2. The largest absolute Gasteiger partial charge is 0.494 e. The molecular formula is C29H28ClFN4O2. The number of nitrogens with one attached hydrogen (secondary N) is 1. The Labute approximate surface area is 220 Å². The fourth-order valence-electron chi connectivity index (χ4n) is 5.06. The van der Waals surface area contributed by atoms with Gasteiger partial charge in [0, 0.05) is 10.6 Å². The van der Waals surface area contributed by atoms with Crippen molar-refractivity contribution in [1.82, 2.24) is 9.78 Å². The van der Waals surface area contributed by atoms with Crippen LogP contribution in [-0.4, -0.2) is 22.9 Å². The van der Waals surface area contributed by atoms with Crippen molar-refractivity contribution in [2.24, 2.45) is 0 Å². The van der Waals surface area contributed by atoms with Gasteiger partial charge in [-0.3, -0.25) is 10.2 Å². The van der Waals surface area contributed by atoms with E-state index < -0.39 is 17.9 Å². The highest BCUT2D eigenvalue weighted by Gasteiger charge is 2.42. The highest BCUT2D eigenvalue weighted by Crippen LogP contribution is 2.46. The summed E-state index contributed by atoms with van der Waals surface area (Å²) in [5.41, 5.74) is 4.80. The Kier molecular flexibility index (Phi) is 6.42. The number of fused-ring (bicyclic) bond motifs is 1. The van der Waals surface area contributed by atoms with Crippen LogP contribution in [0.3, 0.4) is 0 Å². The van der Waals surface area contributed by atoms with Gasteiger partial charge in [-0.1, -0.05) is 55.8 Å². The average Bonchev–Trinajstić information content (AvgIpc) is 3.24. The normalized spacial score (nSPS) is 15.1. The summed E-state index contributed by atoms with van der Waals surface area (Å²) < 4.78 is 23.0. The average molecular weight is 519 g/mol. The first-order chi connectivity index (χ1) is 17.7. The van der Waals surface area contributed by atoms with E-state index in [4.69, 9.17) is 21.4 Å². The van der Waals surface area contributed by atoms with Gasteiger partial charge >= 0.3 is 6.03 Å². The molecule has 0 radical (unpaired) electrons. The van der Waals surface area contributed by atoms with Crippen molar-refractivity contribution >= 4 is 29.1 Å². The zero-order chi connectivity index (χ0) is 26.4. The van der Waals surface area contributed by atoms with E-state index in [-0.39, 0.29) is 11.6 Å². The zero-order valence-corrected chi connectivity index (χ0v) is 22.1. The number of carbonyl (C=O) groups is 1. The van der Waals surface area contributed by atoms with Gasteiger partial charge in [-0.25, -0.2) is 13.9 Å². The number of anilines is 2. The number of ether oxygens (including phenoxy) is 1.